The SMILES string of the molecule is CC(C)n1ncc2cc(NC(=O)C3COc4ccc(Cl)cc4C3)cnc21. The molecule has 1 unspecified atom stereocenters. The number of carbonyl (C=O) groups is 1. The quantitative estimate of drug-likeness (QED) is 0.760. The van der Waals surface area contributed by atoms with E-state index in [1.165, 1.54) is 0 Å². The highest BCUT2D eigenvalue weighted by Gasteiger charge is 2.26. The van der Waals surface area contributed by atoms with Crippen LogP contribution in [-0.2, 0) is 11.2 Å². The first-order valence-corrected chi connectivity index (χ1v) is 8.94. The van der Waals surface area contributed by atoms with E-state index in [2.05, 4.69) is 29.2 Å². The van der Waals surface area contributed by atoms with Crippen LogP contribution in [0.25, 0.3) is 11.0 Å². The maximum Gasteiger partial charge on any atom is 0.231 e. The Balaban J connectivity index is 1.51. The number of ether oxygens (including phenoxy) is 1. The fourth-order valence-corrected chi connectivity index (χ4v) is 3.36. The van der Waals surface area contributed by atoms with Crippen molar-refractivity contribution >= 4 is 34.2 Å². The van der Waals surface area contributed by atoms with Crippen LogP contribution in [0.5, 0.6) is 5.75 Å². The van der Waals surface area contributed by atoms with Crippen LogP contribution >= 0.6 is 11.6 Å². The monoisotopic (exact) mass is 370 g/mol. The molecule has 7 heteroatoms. The number of aromatic nitrogens is 3. The summed E-state index contributed by atoms with van der Waals surface area (Å²) in [5.74, 6) is 0.436. The number of hydrogen-bond acceptors (Lipinski definition) is 4. The number of pyridine rings is 1. The minimum atomic E-state index is -0.268. The van der Waals surface area contributed by atoms with Crippen molar-refractivity contribution in [3.8, 4) is 5.75 Å². The van der Waals surface area contributed by atoms with Gasteiger partial charge < -0.3 is 10.1 Å². The third kappa shape index (κ3) is 3.12. The van der Waals surface area contributed by atoms with Gasteiger partial charge in [-0.05, 0) is 50.1 Å². The Morgan fingerprint density at radius 1 is 1.35 bits per heavy atom. The van der Waals surface area contributed by atoms with Gasteiger partial charge in [0.1, 0.15) is 12.4 Å². The summed E-state index contributed by atoms with van der Waals surface area (Å²) < 4.78 is 7.56. The lowest BCUT2D eigenvalue weighted by atomic mass is 9.96. The first kappa shape index (κ1) is 16.8. The molecule has 0 bridgehead atoms. The summed E-state index contributed by atoms with van der Waals surface area (Å²) >= 11 is 6.04. The zero-order valence-corrected chi connectivity index (χ0v) is 15.3. The normalized spacial score (nSPS) is 16.4. The average Bonchev–Trinajstić information content (AvgIpc) is 3.04. The predicted octanol–water partition coefficient (Wildman–Crippen LogP) is 3.86. The van der Waals surface area contributed by atoms with Crippen molar-refractivity contribution in [3.63, 3.8) is 0 Å². The highest BCUT2D eigenvalue weighted by molar-refractivity contribution is 6.30. The molecule has 0 saturated carbocycles. The number of amides is 1. The van der Waals surface area contributed by atoms with Gasteiger partial charge in [0.2, 0.25) is 5.91 Å². The van der Waals surface area contributed by atoms with E-state index in [4.69, 9.17) is 16.3 Å². The largest absolute Gasteiger partial charge is 0.492 e. The van der Waals surface area contributed by atoms with Gasteiger partial charge in [0.15, 0.2) is 5.65 Å². The van der Waals surface area contributed by atoms with E-state index in [9.17, 15) is 4.79 Å². The lowest BCUT2D eigenvalue weighted by Crippen LogP contribution is -2.32. The second-order valence-corrected chi connectivity index (χ2v) is 7.21. The van der Waals surface area contributed by atoms with Gasteiger partial charge in [0, 0.05) is 16.5 Å². The molecule has 0 fully saturated rings. The topological polar surface area (TPSA) is 69.0 Å². The number of nitrogens with zero attached hydrogens (tertiary/aromatic N) is 3. The van der Waals surface area contributed by atoms with Crippen molar-refractivity contribution in [2.45, 2.75) is 26.3 Å². The summed E-state index contributed by atoms with van der Waals surface area (Å²) in [6.07, 6.45) is 4.03. The molecule has 0 spiro atoms. The second-order valence-electron chi connectivity index (χ2n) is 6.77. The van der Waals surface area contributed by atoms with Crippen molar-refractivity contribution in [2.24, 2.45) is 5.92 Å². The van der Waals surface area contributed by atoms with E-state index >= 15 is 0 Å². The molecule has 0 aliphatic carbocycles. The first-order chi connectivity index (χ1) is 12.5. The molecule has 6 nitrogen and oxygen atoms in total. The van der Waals surface area contributed by atoms with Crippen LogP contribution in [0.15, 0.2) is 36.7 Å². The van der Waals surface area contributed by atoms with Gasteiger partial charge in [0.25, 0.3) is 0 Å². The number of rotatable bonds is 3. The number of nitrogens with one attached hydrogen (secondary N) is 1. The molecule has 0 saturated heterocycles. The maximum absolute atomic E-state index is 12.6. The van der Waals surface area contributed by atoms with E-state index in [1.807, 2.05) is 22.9 Å². The highest BCUT2D eigenvalue weighted by atomic mass is 35.5. The summed E-state index contributed by atoms with van der Waals surface area (Å²) in [5, 5.41) is 8.82. The van der Waals surface area contributed by atoms with Crippen LogP contribution in [0.4, 0.5) is 5.69 Å². The molecule has 1 aliphatic heterocycles. The molecule has 4 rings (SSSR count). The van der Waals surface area contributed by atoms with Crippen molar-refractivity contribution in [1.29, 1.82) is 0 Å². The first-order valence-electron chi connectivity index (χ1n) is 8.56. The molecule has 2 aromatic heterocycles. The van der Waals surface area contributed by atoms with Gasteiger partial charge in [0.05, 0.1) is 24.0 Å². The molecule has 134 valence electrons. The van der Waals surface area contributed by atoms with Gasteiger partial charge in [-0.15, -0.1) is 0 Å². The third-order valence-corrected chi connectivity index (χ3v) is 4.72. The van der Waals surface area contributed by atoms with Crippen LogP contribution in [0, 0.1) is 5.92 Å². The fourth-order valence-electron chi connectivity index (χ4n) is 3.16. The molecule has 1 N–H and O–H groups in total. The number of carbonyl (C=O) groups excluding carboxylic acids is 1. The van der Waals surface area contributed by atoms with Crippen molar-refractivity contribution in [1.82, 2.24) is 14.8 Å². The summed E-state index contributed by atoms with van der Waals surface area (Å²) in [6.45, 7) is 4.45. The van der Waals surface area contributed by atoms with Crippen molar-refractivity contribution < 1.29 is 9.53 Å². The van der Waals surface area contributed by atoms with Gasteiger partial charge >= 0.3 is 0 Å². The van der Waals surface area contributed by atoms with Gasteiger partial charge in [-0.25, -0.2) is 9.67 Å². The van der Waals surface area contributed by atoms with Gasteiger partial charge in [-0.3, -0.25) is 4.79 Å². The number of hydrogen-bond donors (Lipinski definition) is 1. The Morgan fingerprint density at radius 2 is 2.19 bits per heavy atom. The molecule has 3 heterocycles. The maximum atomic E-state index is 12.6. The summed E-state index contributed by atoms with van der Waals surface area (Å²) in [6, 6.07) is 7.60. The van der Waals surface area contributed by atoms with E-state index in [0.29, 0.717) is 23.7 Å². The lowest BCUT2D eigenvalue weighted by Gasteiger charge is -2.24. The number of benzene rings is 1. The zero-order valence-electron chi connectivity index (χ0n) is 14.6. The average molecular weight is 371 g/mol. The zero-order chi connectivity index (χ0) is 18.3. The molecule has 1 atom stereocenters. The Morgan fingerprint density at radius 3 is 3.00 bits per heavy atom. The molecular formula is C19H19ClN4O2. The molecule has 3 aromatic rings. The van der Waals surface area contributed by atoms with Crippen LogP contribution in [0.1, 0.15) is 25.5 Å². The Kier molecular flexibility index (Phi) is 4.28. The van der Waals surface area contributed by atoms with Gasteiger partial charge in [-0.2, -0.15) is 5.10 Å². The predicted molar refractivity (Wildman–Crippen MR) is 101 cm³/mol. The number of fused-ring (bicyclic) bond motifs is 2. The van der Waals surface area contributed by atoms with E-state index in [0.717, 1.165) is 22.3 Å². The second kappa shape index (κ2) is 6.61. The number of anilines is 1. The molecule has 1 amide bonds. The molecule has 0 radical (unpaired) electrons. The minimum Gasteiger partial charge on any atom is -0.492 e. The Hall–Kier alpha value is -2.60. The summed E-state index contributed by atoms with van der Waals surface area (Å²) in [5.41, 5.74) is 2.42. The molecule has 26 heavy (non-hydrogen) atoms. The highest BCUT2D eigenvalue weighted by Crippen LogP contribution is 2.30. The Bertz CT molecular complexity index is 983. The van der Waals surface area contributed by atoms with Crippen LogP contribution in [0.3, 0.4) is 0 Å². The standard InChI is InChI=1S/C19H19ClN4O2/c1-11(2)24-18-13(8-22-24)7-16(9-21-18)23-19(25)14-5-12-6-15(20)3-4-17(12)26-10-14/h3-4,6-9,11,14H,5,10H2,1-2H3,(H,23,25). The Labute approximate surface area is 156 Å². The van der Waals surface area contributed by atoms with Crippen LogP contribution in [0.2, 0.25) is 5.02 Å². The van der Waals surface area contributed by atoms with E-state index in [-0.39, 0.29) is 17.9 Å². The minimum absolute atomic E-state index is 0.0898. The van der Waals surface area contributed by atoms with Crippen LogP contribution < -0.4 is 10.1 Å². The molecule has 1 aromatic carbocycles. The smallest absolute Gasteiger partial charge is 0.231 e. The fraction of sp³-hybridized carbons (Fsp3) is 0.316. The molecular weight excluding hydrogens is 352 g/mol. The lowest BCUT2D eigenvalue weighted by molar-refractivity contribution is -0.121. The van der Waals surface area contributed by atoms with Crippen molar-refractivity contribution in [3.05, 3.63) is 47.2 Å². The van der Waals surface area contributed by atoms with Crippen LogP contribution in [-0.4, -0.2) is 27.3 Å². The van der Waals surface area contributed by atoms with E-state index in [1.54, 1.807) is 18.5 Å². The van der Waals surface area contributed by atoms with E-state index < -0.39 is 0 Å². The van der Waals surface area contributed by atoms with Gasteiger partial charge in [-0.1, -0.05) is 11.6 Å². The summed E-state index contributed by atoms with van der Waals surface area (Å²) in [7, 11) is 0. The molecule has 1 aliphatic rings. The summed E-state index contributed by atoms with van der Waals surface area (Å²) in [4.78, 5) is 17.1. The number of halogens is 1. The van der Waals surface area contributed by atoms with Crippen molar-refractivity contribution in [2.75, 3.05) is 11.9 Å². The third-order valence-electron chi connectivity index (χ3n) is 4.49.